The third kappa shape index (κ3) is 2.88. The molecule has 0 bridgehead atoms. The molecule has 0 aliphatic carbocycles. The number of rotatable bonds is 3. The standard InChI is InChI=1S/C18H25N3O/c1-12(2)18-10-19-15(11-21(18)13(3)22)8-14-9-20-17-7-5-4-6-16(14)17/h4-7,9,12,15,18-20H,8,10-11H2,1-3H3/t15-,18+/m0/s1. The van der Waals surface area contributed by atoms with Crippen molar-refractivity contribution in [1.29, 1.82) is 0 Å². The smallest absolute Gasteiger partial charge is 0.219 e. The lowest BCUT2D eigenvalue weighted by Crippen LogP contribution is -2.60. The van der Waals surface area contributed by atoms with Crippen molar-refractivity contribution in [2.24, 2.45) is 5.92 Å². The molecule has 0 spiro atoms. The summed E-state index contributed by atoms with van der Waals surface area (Å²) in [6.45, 7) is 7.72. The molecule has 1 aliphatic heterocycles. The second kappa shape index (κ2) is 6.13. The van der Waals surface area contributed by atoms with Gasteiger partial charge < -0.3 is 15.2 Å². The highest BCUT2D eigenvalue weighted by Gasteiger charge is 2.31. The van der Waals surface area contributed by atoms with Crippen molar-refractivity contribution in [3.8, 4) is 0 Å². The van der Waals surface area contributed by atoms with Gasteiger partial charge in [0.25, 0.3) is 0 Å². The van der Waals surface area contributed by atoms with Crippen LogP contribution in [0.15, 0.2) is 30.5 Å². The fourth-order valence-corrected chi connectivity index (χ4v) is 3.50. The van der Waals surface area contributed by atoms with Gasteiger partial charge in [0.15, 0.2) is 0 Å². The number of para-hydroxylation sites is 1. The van der Waals surface area contributed by atoms with Gasteiger partial charge in [-0.3, -0.25) is 4.79 Å². The zero-order valence-electron chi connectivity index (χ0n) is 13.6. The van der Waals surface area contributed by atoms with Gasteiger partial charge in [0, 0.05) is 49.2 Å². The lowest BCUT2D eigenvalue weighted by Gasteiger charge is -2.42. The Bertz CT molecular complexity index is 661. The van der Waals surface area contributed by atoms with Gasteiger partial charge in [0.1, 0.15) is 0 Å². The van der Waals surface area contributed by atoms with Crippen LogP contribution in [0.2, 0.25) is 0 Å². The second-order valence-corrected chi connectivity index (χ2v) is 6.65. The summed E-state index contributed by atoms with van der Waals surface area (Å²) in [5.41, 5.74) is 2.50. The molecular weight excluding hydrogens is 274 g/mol. The first kappa shape index (κ1) is 15.1. The predicted octanol–water partition coefficient (Wildman–Crippen LogP) is 2.56. The van der Waals surface area contributed by atoms with Crippen LogP contribution in [0.3, 0.4) is 0 Å². The predicted molar refractivity (Wildman–Crippen MR) is 89.8 cm³/mol. The minimum atomic E-state index is 0.184. The number of fused-ring (bicyclic) bond motifs is 1. The van der Waals surface area contributed by atoms with E-state index in [1.54, 1.807) is 6.92 Å². The van der Waals surface area contributed by atoms with Crippen molar-refractivity contribution in [1.82, 2.24) is 15.2 Å². The number of hydrogen-bond acceptors (Lipinski definition) is 2. The molecule has 4 nitrogen and oxygen atoms in total. The van der Waals surface area contributed by atoms with Crippen molar-refractivity contribution < 1.29 is 4.79 Å². The molecule has 2 atom stereocenters. The third-order valence-electron chi connectivity index (χ3n) is 4.75. The first-order valence-corrected chi connectivity index (χ1v) is 8.12. The molecule has 1 aliphatic rings. The molecule has 1 amide bonds. The van der Waals surface area contributed by atoms with Gasteiger partial charge in [0.05, 0.1) is 0 Å². The van der Waals surface area contributed by atoms with Crippen LogP contribution in [0.5, 0.6) is 0 Å². The third-order valence-corrected chi connectivity index (χ3v) is 4.75. The topological polar surface area (TPSA) is 48.1 Å². The number of H-pyrrole nitrogens is 1. The Balaban J connectivity index is 1.75. The highest BCUT2D eigenvalue weighted by molar-refractivity contribution is 5.83. The molecular formula is C18H25N3O. The Morgan fingerprint density at radius 1 is 1.36 bits per heavy atom. The molecule has 1 saturated heterocycles. The number of aromatic amines is 1. The molecule has 0 saturated carbocycles. The first-order chi connectivity index (χ1) is 10.6. The number of nitrogens with one attached hydrogen (secondary N) is 2. The molecule has 0 radical (unpaired) electrons. The van der Waals surface area contributed by atoms with E-state index in [2.05, 4.69) is 48.5 Å². The zero-order chi connectivity index (χ0) is 15.7. The van der Waals surface area contributed by atoms with Crippen molar-refractivity contribution in [3.63, 3.8) is 0 Å². The number of piperazine rings is 1. The van der Waals surface area contributed by atoms with E-state index in [0.29, 0.717) is 18.0 Å². The summed E-state index contributed by atoms with van der Waals surface area (Å²) in [5, 5.41) is 4.91. The fourth-order valence-electron chi connectivity index (χ4n) is 3.50. The summed E-state index contributed by atoms with van der Waals surface area (Å²) >= 11 is 0. The highest BCUT2D eigenvalue weighted by Crippen LogP contribution is 2.22. The van der Waals surface area contributed by atoms with Crippen LogP contribution in [0, 0.1) is 5.92 Å². The van der Waals surface area contributed by atoms with E-state index in [1.165, 1.54) is 16.5 Å². The van der Waals surface area contributed by atoms with E-state index >= 15 is 0 Å². The van der Waals surface area contributed by atoms with Crippen LogP contribution in [0.4, 0.5) is 0 Å². The van der Waals surface area contributed by atoms with Crippen LogP contribution in [0.25, 0.3) is 10.9 Å². The van der Waals surface area contributed by atoms with Gasteiger partial charge in [0.2, 0.25) is 5.91 Å². The number of benzene rings is 1. The largest absolute Gasteiger partial charge is 0.361 e. The lowest BCUT2D eigenvalue weighted by molar-refractivity contribution is -0.133. The monoisotopic (exact) mass is 299 g/mol. The van der Waals surface area contributed by atoms with Gasteiger partial charge in [-0.25, -0.2) is 0 Å². The van der Waals surface area contributed by atoms with E-state index in [-0.39, 0.29) is 5.91 Å². The number of carbonyl (C=O) groups is 1. The molecule has 0 unspecified atom stereocenters. The summed E-state index contributed by atoms with van der Waals surface area (Å²) in [4.78, 5) is 17.3. The lowest BCUT2D eigenvalue weighted by atomic mass is 9.95. The maximum absolute atomic E-state index is 12.0. The highest BCUT2D eigenvalue weighted by atomic mass is 16.2. The quantitative estimate of drug-likeness (QED) is 0.915. The molecule has 2 heterocycles. The molecule has 2 N–H and O–H groups in total. The van der Waals surface area contributed by atoms with E-state index in [0.717, 1.165) is 19.5 Å². The average molecular weight is 299 g/mol. The minimum Gasteiger partial charge on any atom is -0.361 e. The summed E-state index contributed by atoms with van der Waals surface area (Å²) < 4.78 is 0. The maximum atomic E-state index is 12.0. The fraction of sp³-hybridized carbons (Fsp3) is 0.500. The summed E-state index contributed by atoms with van der Waals surface area (Å²) in [6.07, 6.45) is 3.04. The molecule has 22 heavy (non-hydrogen) atoms. The van der Waals surface area contributed by atoms with Crippen LogP contribution in [0.1, 0.15) is 26.3 Å². The molecule has 1 fully saturated rings. The Hall–Kier alpha value is -1.81. The number of nitrogens with zero attached hydrogens (tertiary/aromatic N) is 1. The molecule has 1 aromatic carbocycles. The Morgan fingerprint density at radius 3 is 2.86 bits per heavy atom. The van der Waals surface area contributed by atoms with Crippen LogP contribution in [-0.2, 0) is 11.2 Å². The van der Waals surface area contributed by atoms with Crippen LogP contribution < -0.4 is 5.32 Å². The van der Waals surface area contributed by atoms with Crippen LogP contribution in [-0.4, -0.2) is 41.0 Å². The van der Waals surface area contributed by atoms with Crippen molar-refractivity contribution in [2.75, 3.05) is 13.1 Å². The Morgan fingerprint density at radius 2 is 2.14 bits per heavy atom. The van der Waals surface area contributed by atoms with Gasteiger partial charge in [-0.05, 0) is 24.0 Å². The van der Waals surface area contributed by atoms with Gasteiger partial charge in [-0.15, -0.1) is 0 Å². The number of amides is 1. The Kier molecular flexibility index (Phi) is 4.21. The van der Waals surface area contributed by atoms with Crippen LogP contribution >= 0.6 is 0 Å². The number of hydrogen-bond donors (Lipinski definition) is 2. The normalized spacial score (nSPS) is 22.5. The van der Waals surface area contributed by atoms with Gasteiger partial charge >= 0.3 is 0 Å². The van der Waals surface area contributed by atoms with E-state index in [9.17, 15) is 4.79 Å². The Labute approximate surface area is 131 Å². The minimum absolute atomic E-state index is 0.184. The molecule has 2 aromatic rings. The summed E-state index contributed by atoms with van der Waals surface area (Å²) in [5.74, 6) is 0.662. The summed E-state index contributed by atoms with van der Waals surface area (Å²) in [6, 6.07) is 9.00. The summed E-state index contributed by atoms with van der Waals surface area (Å²) in [7, 11) is 0. The number of aromatic nitrogens is 1. The van der Waals surface area contributed by atoms with Crippen molar-refractivity contribution in [3.05, 3.63) is 36.0 Å². The number of carbonyl (C=O) groups excluding carboxylic acids is 1. The SMILES string of the molecule is CC(=O)N1C[C@H](Cc2c[nH]c3ccccc23)NC[C@@H]1C(C)C. The van der Waals surface area contributed by atoms with Crippen molar-refractivity contribution >= 4 is 16.8 Å². The molecule has 118 valence electrons. The van der Waals surface area contributed by atoms with Gasteiger partial charge in [-0.1, -0.05) is 32.0 Å². The van der Waals surface area contributed by atoms with E-state index < -0.39 is 0 Å². The van der Waals surface area contributed by atoms with E-state index in [1.807, 2.05) is 11.0 Å². The van der Waals surface area contributed by atoms with Gasteiger partial charge in [-0.2, -0.15) is 0 Å². The average Bonchev–Trinajstić information content (AvgIpc) is 2.90. The zero-order valence-corrected chi connectivity index (χ0v) is 13.6. The molecule has 3 rings (SSSR count). The molecule has 4 heteroatoms. The maximum Gasteiger partial charge on any atom is 0.219 e. The van der Waals surface area contributed by atoms with E-state index in [4.69, 9.17) is 0 Å². The van der Waals surface area contributed by atoms with Crippen molar-refractivity contribution in [2.45, 2.75) is 39.3 Å². The first-order valence-electron chi connectivity index (χ1n) is 8.12. The molecule has 1 aromatic heterocycles. The second-order valence-electron chi connectivity index (χ2n) is 6.65.